The summed E-state index contributed by atoms with van der Waals surface area (Å²) in [7, 11) is 1.62. The zero-order valence-electron chi connectivity index (χ0n) is 12.6. The number of carbonyl (C=O) groups excluding carboxylic acids is 1. The van der Waals surface area contributed by atoms with Crippen molar-refractivity contribution in [3.63, 3.8) is 0 Å². The topological polar surface area (TPSA) is 64.4 Å². The van der Waals surface area contributed by atoms with E-state index in [1.54, 1.807) is 13.2 Å². The number of aromatic nitrogens is 1. The molecule has 1 aromatic heterocycles. The van der Waals surface area contributed by atoms with Crippen molar-refractivity contribution >= 4 is 5.91 Å². The summed E-state index contributed by atoms with van der Waals surface area (Å²) in [6.07, 6.45) is 1.13. The molecule has 0 spiro atoms. The summed E-state index contributed by atoms with van der Waals surface area (Å²) in [4.78, 5) is 11.8. The predicted octanol–water partition coefficient (Wildman–Crippen LogP) is 2.81. The molecule has 5 nitrogen and oxygen atoms in total. The normalized spacial score (nSPS) is 12.0. The van der Waals surface area contributed by atoms with Crippen LogP contribution in [0.2, 0.25) is 0 Å². The fourth-order valence-corrected chi connectivity index (χ4v) is 1.88. The van der Waals surface area contributed by atoms with E-state index in [0.29, 0.717) is 11.5 Å². The van der Waals surface area contributed by atoms with Gasteiger partial charge in [-0.15, -0.1) is 0 Å². The lowest BCUT2D eigenvalue weighted by atomic mass is 10.1. The fourth-order valence-electron chi connectivity index (χ4n) is 1.88. The summed E-state index contributed by atoms with van der Waals surface area (Å²) in [6, 6.07) is 9.45. The summed E-state index contributed by atoms with van der Waals surface area (Å²) in [5, 5.41) is 6.85. The molecule has 21 heavy (non-hydrogen) atoms. The highest BCUT2D eigenvalue weighted by Crippen LogP contribution is 2.23. The first kappa shape index (κ1) is 15.1. The van der Waals surface area contributed by atoms with Gasteiger partial charge < -0.3 is 14.6 Å². The average molecular weight is 288 g/mol. The van der Waals surface area contributed by atoms with Crippen molar-refractivity contribution in [3.8, 4) is 17.1 Å². The van der Waals surface area contributed by atoms with Crippen molar-refractivity contribution in [2.24, 2.45) is 0 Å². The van der Waals surface area contributed by atoms with Crippen molar-refractivity contribution in [2.75, 3.05) is 7.11 Å². The van der Waals surface area contributed by atoms with Crippen LogP contribution < -0.4 is 10.1 Å². The van der Waals surface area contributed by atoms with Crippen molar-refractivity contribution in [1.29, 1.82) is 0 Å². The van der Waals surface area contributed by atoms with Gasteiger partial charge >= 0.3 is 0 Å². The second kappa shape index (κ2) is 6.92. The summed E-state index contributed by atoms with van der Waals surface area (Å²) in [5.74, 6) is 1.38. The Balaban J connectivity index is 2.02. The van der Waals surface area contributed by atoms with E-state index in [4.69, 9.17) is 9.26 Å². The van der Waals surface area contributed by atoms with E-state index in [2.05, 4.69) is 10.5 Å². The predicted molar refractivity (Wildman–Crippen MR) is 80.1 cm³/mol. The Morgan fingerprint density at radius 3 is 2.71 bits per heavy atom. The smallest absolute Gasteiger partial charge is 0.226 e. The molecule has 0 saturated heterocycles. The largest absolute Gasteiger partial charge is 0.497 e. The second-order valence-electron chi connectivity index (χ2n) is 4.96. The Morgan fingerprint density at radius 2 is 2.10 bits per heavy atom. The third-order valence-corrected chi connectivity index (χ3v) is 3.29. The number of amides is 1. The van der Waals surface area contributed by atoms with E-state index in [1.165, 1.54) is 0 Å². The highest BCUT2D eigenvalue weighted by Gasteiger charge is 2.12. The quantitative estimate of drug-likeness (QED) is 0.887. The molecular weight excluding hydrogens is 268 g/mol. The van der Waals surface area contributed by atoms with E-state index in [9.17, 15) is 4.79 Å². The van der Waals surface area contributed by atoms with E-state index in [1.807, 2.05) is 38.1 Å². The van der Waals surface area contributed by atoms with E-state index >= 15 is 0 Å². The third kappa shape index (κ3) is 4.08. The van der Waals surface area contributed by atoms with Crippen LogP contribution in [0.5, 0.6) is 5.75 Å². The monoisotopic (exact) mass is 288 g/mol. The molecule has 0 aliphatic rings. The summed E-state index contributed by atoms with van der Waals surface area (Å²) >= 11 is 0. The van der Waals surface area contributed by atoms with Crippen LogP contribution in [0.25, 0.3) is 11.3 Å². The molecule has 1 aromatic carbocycles. The zero-order chi connectivity index (χ0) is 15.2. The van der Waals surface area contributed by atoms with Gasteiger partial charge in [0.05, 0.1) is 19.2 Å². The minimum Gasteiger partial charge on any atom is -0.497 e. The van der Waals surface area contributed by atoms with Crippen molar-refractivity contribution in [2.45, 2.75) is 32.7 Å². The molecule has 112 valence electrons. The highest BCUT2D eigenvalue weighted by atomic mass is 16.5. The maximum Gasteiger partial charge on any atom is 0.226 e. The number of benzene rings is 1. The number of carbonyl (C=O) groups is 1. The summed E-state index contributed by atoms with van der Waals surface area (Å²) in [5.41, 5.74) is 1.53. The standard InChI is InChI=1S/C16H20N2O3/c1-4-11(2)17-16(19)10-13-9-15(21-18-13)12-5-7-14(20-3)8-6-12/h5-9,11H,4,10H2,1-3H3,(H,17,19). The summed E-state index contributed by atoms with van der Waals surface area (Å²) in [6.45, 7) is 4.01. The van der Waals surface area contributed by atoms with Crippen LogP contribution in [0.3, 0.4) is 0 Å². The van der Waals surface area contributed by atoms with Crippen LogP contribution in [-0.4, -0.2) is 24.2 Å². The second-order valence-corrected chi connectivity index (χ2v) is 4.96. The lowest BCUT2D eigenvalue weighted by Crippen LogP contribution is -2.33. The summed E-state index contributed by atoms with van der Waals surface area (Å²) < 4.78 is 10.4. The lowest BCUT2D eigenvalue weighted by molar-refractivity contribution is -0.121. The van der Waals surface area contributed by atoms with Gasteiger partial charge in [0.2, 0.25) is 5.91 Å². The van der Waals surface area contributed by atoms with Crippen LogP contribution >= 0.6 is 0 Å². The van der Waals surface area contributed by atoms with Gasteiger partial charge in [0.1, 0.15) is 5.75 Å². The van der Waals surface area contributed by atoms with Gasteiger partial charge in [-0.1, -0.05) is 12.1 Å². The van der Waals surface area contributed by atoms with Crippen LogP contribution in [0.1, 0.15) is 26.0 Å². The first-order valence-electron chi connectivity index (χ1n) is 7.01. The molecular formula is C16H20N2O3. The number of rotatable bonds is 6. The Labute approximate surface area is 124 Å². The van der Waals surface area contributed by atoms with Crippen LogP contribution in [0.4, 0.5) is 0 Å². The molecule has 0 bridgehead atoms. The van der Waals surface area contributed by atoms with Crippen molar-refractivity contribution in [3.05, 3.63) is 36.0 Å². The van der Waals surface area contributed by atoms with Gasteiger partial charge in [0, 0.05) is 17.7 Å². The molecule has 1 unspecified atom stereocenters. The maximum atomic E-state index is 11.8. The van der Waals surface area contributed by atoms with Gasteiger partial charge in [-0.3, -0.25) is 4.79 Å². The SMILES string of the molecule is CCC(C)NC(=O)Cc1cc(-c2ccc(OC)cc2)on1. The molecule has 2 aromatic rings. The number of hydrogen-bond donors (Lipinski definition) is 1. The molecule has 0 fully saturated rings. The van der Waals surface area contributed by atoms with Crippen LogP contribution in [0, 0.1) is 0 Å². The lowest BCUT2D eigenvalue weighted by Gasteiger charge is -2.09. The molecule has 0 aliphatic carbocycles. The Kier molecular flexibility index (Phi) is 4.98. The molecule has 1 heterocycles. The van der Waals surface area contributed by atoms with Gasteiger partial charge in [0.25, 0.3) is 0 Å². The van der Waals surface area contributed by atoms with E-state index in [0.717, 1.165) is 17.7 Å². The Hall–Kier alpha value is -2.30. The Bertz CT molecular complexity index is 590. The first-order chi connectivity index (χ1) is 10.1. The first-order valence-corrected chi connectivity index (χ1v) is 7.01. The van der Waals surface area contributed by atoms with Gasteiger partial charge in [-0.05, 0) is 37.6 Å². The third-order valence-electron chi connectivity index (χ3n) is 3.29. The van der Waals surface area contributed by atoms with Gasteiger partial charge in [-0.25, -0.2) is 0 Å². The maximum absolute atomic E-state index is 11.8. The molecule has 2 rings (SSSR count). The molecule has 5 heteroatoms. The van der Waals surface area contributed by atoms with Crippen molar-refractivity contribution < 1.29 is 14.1 Å². The minimum atomic E-state index is -0.0427. The Morgan fingerprint density at radius 1 is 1.38 bits per heavy atom. The average Bonchev–Trinajstić information content (AvgIpc) is 2.95. The van der Waals surface area contributed by atoms with Crippen LogP contribution in [0.15, 0.2) is 34.9 Å². The highest BCUT2D eigenvalue weighted by molar-refractivity contribution is 5.78. The van der Waals surface area contributed by atoms with Gasteiger partial charge in [-0.2, -0.15) is 0 Å². The van der Waals surface area contributed by atoms with Gasteiger partial charge in [0.15, 0.2) is 5.76 Å². The van der Waals surface area contributed by atoms with E-state index < -0.39 is 0 Å². The molecule has 1 amide bonds. The van der Waals surface area contributed by atoms with Crippen molar-refractivity contribution in [1.82, 2.24) is 10.5 Å². The fraction of sp³-hybridized carbons (Fsp3) is 0.375. The number of nitrogens with one attached hydrogen (secondary N) is 1. The molecule has 0 saturated carbocycles. The molecule has 0 radical (unpaired) electrons. The van der Waals surface area contributed by atoms with Crippen LogP contribution in [-0.2, 0) is 11.2 Å². The number of methoxy groups -OCH3 is 1. The van der Waals surface area contributed by atoms with E-state index in [-0.39, 0.29) is 18.4 Å². The molecule has 1 N–H and O–H groups in total. The number of nitrogens with zero attached hydrogens (tertiary/aromatic N) is 1. The number of hydrogen-bond acceptors (Lipinski definition) is 4. The minimum absolute atomic E-state index is 0.0427. The molecule has 1 atom stereocenters. The molecule has 0 aliphatic heterocycles. The number of ether oxygens (including phenoxy) is 1. The zero-order valence-corrected chi connectivity index (χ0v) is 12.6.